The Labute approximate surface area is 82.3 Å². The van der Waals surface area contributed by atoms with E-state index in [1.54, 1.807) is 0 Å². The third kappa shape index (κ3) is 196. The number of halogens is 3. The molecule has 0 aliphatic rings. The van der Waals surface area contributed by atoms with Gasteiger partial charge in [-0.15, -0.1) is 0 Å². The molecule has 9 heavy (non-hydrogen) atoms. The summed E-state index contributed by atoms with van der Waals surface area (Å²) >= 11 is -2.22. The molecule has 0 unspecified atom stereocenters. The van der Waals surface area contributed by atoms with Crippen molar-refractivity contribution in [1.29, 1.82) is 0 Å². The molecule has 0 atom stereocenters. The molecule has 0 heterocycles. The van der Waals surface area contributed by atoms with E-state index in [2.05, 4.69) is 0 Å². The summed E-state index contributed by atoms with van der Waals surface area (Å²) < 4.78 is 0. The molecular weight excluding hydrogens is 336 g/mol. The number of hydrogen-bond donors (Lipinski definition) is 1. The van der Waals surface area contributed by atoms with Crippen LogP contribution in [0.15, 0.2) is 0 Å². The molecule has 0 aliphatic carbocycles. The number of carboxylic acid groups (broad SMARTS) is 1. The molecular formula is C2H4Cl3CoInO2. The number of aliphatic carboxylic acids is 1. The Morgan fingerprint density at radius 1 is 1.44 bits per heavy atom. The Morgan fingerprint density at radius 3 is 1.44 bits per heavy atom. The van der Waals surface area contributed by atoms with Gasteiger partial charge in [0, 0.05) is 23.7 Å². The van der Waals surface area contributed by atoms with Crippen LogP contribution in [0.25, 0.3) is 0 Å². The third-order valence-corrected chi connectivity index (χ3v) is 0. The Balaban J connectivity index is -0.0000000720. The maximum Gasteiger partial charge on any atom is 0 e. The average Bonchev–Trinajstić information content (AvgIpc) is 1.25. The average molecular weight is 340 g/mol. The quantitative estimate of drug-likeness (QED) is 0.730. The smallest absolute Gasteiger partial charge is 0 e. The molecule has 0 rings (SSSR count). The van der Waals surface area contributed by atoms with Gasteiger partial charge >= 0.3 is 43.6 Å². The van der Waals surface area contributed by atoms with Crippen LogP contribution < -0.4 is 0 Å². The molecule has 0 saturated heterocycles. The van der Waals surface area contributed by atoms with Gasteiger partial charge in [0.15, 0.2) is 0 Å². The van der Waals surface area contributed by atoms with E-state index in [1.807, 2.05) is 0 Å². The van der Waals surface area contributed by atoms with Crippen molar-refractivity contribution in [1.82, 2.24) is 0 Å². The first kappa shape index (κ1) is 17.0. The van der Waals surface area contributed by atoms with Crippen molar-refractivity contribution in [2.45, 2.75) is 6.92 Å². The molecule has 1 radical (unpaired) electrons. The van der Waals surface area contributed by atoms with E-state index in [9.17, 15) is 0 Å². The van der Waals surface area contributed by atoms with E-state index >= 15 is 0 Å². The summed E-state index contributed by atoms with van der Waals surface area (Å²) in [6.45, 7) is 1.08. The molecule has 0 saturated carbocycles. The van der Waals surface area contributed by atoms with Crippen molar-refractivity contribution in [2.24, 2.45) is 0 Å². The van der Waals surface area contributed by atoms with Gasteiger partial charge < -0.3 is 5.11 Å². The number of carboxylic acids is 1. The predicted octanol–water partition coefficient (Wildman–Crippen LogP) is 1.78. The fourth-order valence-electron chi connectivity index (χ4n) is 0. The van der Waals surface area contributed by atoms with Crippen LogP contribution in [0.2, 0.25) is 0 Å². The Bertz CT molecular complexity index is 64.1. The van der Waals surface area contributed by atoms with Crippen LogP contribution in [0.1, 0.15) is 6.92 Å². The van der Waals surface area contributed by atoms with Crippen LogP contribution >= 0.6 is 25.7 Å². The van der Waals surface area contributed by atoms with Gasteiger partial charge in [0.1, 0.15) is 0 Å². The van der Waals surface area contributed by atoms with E-state index in [0.29, 0.717) is 0 Å². The summed E-state index contributed by atoms with van der Waals surface area (Å²) in [5, 5.41) is 7.42. The summed E-state index contributed by atoms with van der Waals surface area (Å²) in [6, 6.07) is 0. The van der Waals surface area contributed by atoms with Gasteiger partial charge in [-0.2, -0.15) is 0 Å². The van der Waals surface area contributed by atoms with E-state index in [1.165, 1.54) is 0 Å². The summed E-state index contributed by atoms with van der Waals surface area (Å²) in [4.78, 5) is 9.00. The van der Waals surface area contributed by atoms with Crippen LogP contribution in [0.4, 0.5) is 0 Å². The zero-order chi connectivity index (χ0) is 7.15. The maximum absolute atomic E-state index is 9.00. The molecule has 0 bridgehead atoms. The van der Waals surface area contributed by atoms with E-state index < -0.39 is 23.9 Å². The minimum atomic E-state index is -2.22. The van der Waals surface area contributed by atoms with Gasteiger partial charge in [-0.1, -0.05) is 0 Å². The number of hydrogen-bond acceptors (Lipinski definition) is 1. The van der Waals surface area contributed by atoms with Gasteiger partial charge in [0.25, 0.3) is 5.97 Å². The molecule has 0 aliphatic heterocycles. The first-order valence-corrected chi connectivity index (χ1v) is 14.1. The summed E-state index contributed by atoms with van der Waals surface area (Å²) in [5.74, 6) is -0.833. The molecule has 2 nitrogen and oxygen atoms in total. The Morgan fingerprint density at radius 2 is 1.44 bits per heavy atom. The first-order valence-electron chi connectivity index (χ1n) is 1.58. The normalized spacial score (nSPS) is 5.78. The minimum Gasteiger partial charge on any atom is 0 e. The van der Waals surface area contributed by atoms with Gasteiger partial charge in [0.2, 0.25) is 0 Å². The van der Waals surface area contributed by atoms with Crippen LogP contribution in [-0.4, -0.2) is 29.0 Å². The van der Waals surface area contributed by atoms with Crippen molar-refractivity contribution < 1.29 is 26.7 Å². The standard InChI is InChI=1S/C2H4O2.3ClH.Co.In/c1-2(3)4;;;;;/h1H3,(H,3,4);3*1H;;/q;;;;;+3/p-3. The zero-order valence-corrected chi connectivity index (χ0v) is 11.0. The van der Waals surface area contributed by atoms with Crippen molar-refractivity contribution >= 4 is 49.6 Å². The van der Waals surface area contributed by atoms with E-state index in [0.717, 1.165) is 6.92 Å². The molecule has 0 amide bonds. The second-order valence-electron chi connectivity index (χ2n) is 0.766. The molecule has 7 heteroatoms. The van der Waals surface area contributed by atoms with Crippen molar-refractivity contribution in [3.05, 3.63) is 0 Å². The minimum absolute atomic E-state index is 0. The van der Waals surface area contributed by atoms with E-state index in [-0.39, 0.29) is 16.8 Å². The Hall–Kier alpha value is 1.72. The molecule has 0 spiro atoms. The summed E-state index contributed by atoms with van der Waals surface area (Å²) in [5.41, 5.74) is 0. The largest absolute Gasteiger partial charge is 0 e. The van der Waals surface area contributed by atoms with Crippen LogP contribution in [0.3, 0.4) is 0 Å². The predicted molar refractivity (Wildman–Crippen MR) is 36.6 cm³/mol. The van der Waals surface area contributed by atoms with Gasteiger partial charge in [-0.3, -0.25) is 4.79 Å². The first-order chi connectivity index (χ1) is 3.46. The zero-order valence-electron chi connectivity index (χ0n) is 4.40. The maximum atomic E-state index is 9.00. The fraction of sp³-hybridized carbons (Fsp3) is 0.500. The molecule has 0 aromatic heterocycles. The van der Waals surface area contributed by atoms with Gasteiger partial charge in [0.05, 0.1) is 0 Å². The fourth-order valence-corrected chi connectivity index (χ4v) is 0. The topological polar surface area (TPSA) is 37.3 Å². The molecule has 0 aromatic rings. The number of rotatable bonds is 0. The summed E-state index contributed by atoms with van der Waals surface area (Å²) in [7, 11) is 15.0. The SMILES string of the molecule is CC(=O)O.[Cl][In]([Cl])[Cl].[Co]. The molecule has 57 valence electrons. The van der Waals surface area contributed by atoms with Gasteiger partial charge in [-0.25, -0.2) is 0 Å². The number of carbonyl (C=O) groups is 1. The van der Waals surface area contributed by atoms with Crippen molar-refractivity contribution in [2.75, 3.05) is 0 Å². The van der Waals surface area contributed by atoms with Crippen molar-refractivity contribution in [3.63, 3.8) is 0 Å². The van der Waals surface area contributed by atoms with Crippen LogP contribution in [-0.2, 0) is 21.6 Å². The third-order valence-electron chi connectivity index (χ3n) is 0. The summed E-state index contributed by atoms with van der Waals surface area (Å²) in [6.07, 6.45) is 0. The van der Waals surface area contributed by atoms with Crippen molar-refractivity contribution in [3.8, 4) is 0 Å². The molecule has 0 fully saturated rings. The second kappa shape index (κ2) is 12.4. The molecule has 1 N–H and O–H groups in total. The van der Waals surface area contributed by atoms with Crippen LogP contribution in [0, 0.1) is 0 Å². The van der Waals surface area contributed by atoms with Gasteiger partial charge in [-0.05, 0) is 0 Å². The molecule has 0 aromatic carbocycles. The Kier molecular flexibility index (Phi) is 23.4. The second-order valence-corrected chi connectivity index (χ2v) is 15.5. The van der Waals surface area contributed by atoms with E-state index in [4.69, 9.17) is 35.6 Å². The van der Waals surface area contributed by atoms with Crippen LogP contribution in [0.5, 0.6) is 0 Å². The monoisotopic (exact) mass is 339 g/mol.